The molecule has 1 aromatic carbocycles. The molecule has 0 saturated carbocycles. The lowest BCUT2D eigenvalue weighted by atomic mass is 10.3. The Morgan fingerprint density at radius 3 is 3.04 bits per heavy atom. The Hall–Kier alpha value is -3.03. The van der Waals surface area contributed by atoms with E-state index in [1.807, 2.05) is 0 Å². The summed E-state index contributed by atoms with van der Waals surface area (Å²) in [7, 11) is 0. The molecule has 132 valence electrons. The lowest BCUT2D eigenvalue weighted by molar-refractivity contribution is -0.127. The van der Waals surface area contributed by atoms with Crippen molar-refractivity contribution >= 4 is 5.91 Å². The van der Waals surface area contributed by atoms with Crippen LogP contribution >= 0.6 is 0 Å². The SMILES string of the molecule is CC(Oc1ccc2c(c1)OCO2)C(=O)NCCCn1ncccc1=O. The first-order valence-electron chi connectivity index (χ1n) is 7.99. The van der Waals surface area contributed by atoms with Crippen molar-refractivity contribution in [3.05, 3.63) is 46.9 Å². The van der Waals surface area contributed by atoms with Crippen LogP contribution in [0.15, 0.2) is 41.3 Å². The van der Waals surface area contributed by atoms with Crippen LogP contribution in [-0.4, -0.2) is 35.1 Å². The van der Waals surface area contributed by atoms with Crippen molar-refractivity contribution in [2.75, 3.05) is 13.3 Å². The van der Waals surface area contributed by atoms with Gasteiger partial charge in [0.05, 0.1) is 0 Å². The van der Waals surface area contributed by atoms with Crippen LogP contribution in [0.3, 0.4) is 0 Å². The molecule has 8 nitrogen and oxygen atoms in total. The smallest absolute Gasteiger partial charge is 0.266 e. The van der Waals surface area contributed by atoms with E-state index in [0.29, 0.717) is 36.8 Å². The second-order valence-corrected chi connectivity index (χ2v) is 5.50. The summed E-state index contributed by atoms with van der Waals surface area (Å²) >= 11 is 0. The summed E-state index contributed by atoms with van der Waals surface area (Å²) in [5, 5.41) is 6.74. The number of rotatable bonds is 7. The molecule has 0 bridgehead atoms. The van der Waals surface area contributed by atoms with Crippen LogP contribution in [0.4, 0.5) is 0 Å². The third kappa shape index (κ3) is 4.28. The zero-order valence-electron chi connectivity index (χ0n) is 13.8. The van der Waals surface area contributed by atoms with E-state index < -0.39 is 6.10 Å². The molecule has 0 fully saturated rings. The number of hydrogen-bond donors (Lipinski definition) is 1. The highest BCUT2D eigenvalue weighted by Crippen LogP contribution is 2.35. The molecule has 25 heavy (non-hydrogen) atoms. The largest absolute Gasteiger partial charge is 0.481 e. The monoisotopic (exact) mass is 345 g/mol. The van der Waals surface area contributed by atoms with Gasteiger partial charge in [-0.05, 0) is 31.5 Å². The number of aryl methyl sites for hydroxylation is 1. The van der Waals surface area contributed by atoms with Gasteiger partial charge < -0.3 is 19.5 Å². The van der Waals surface area contributed by atoms with Crippen LogP contribution < -0.4 is 25.1 Å². The van der Waals surface area contributed by atoms with E-state index in [9.17, 15) is 9.59 Å². The number of nitrogens with one attached hydrogen (secondary N) is 1. The molecule has 1 N–H and O–H groups in total. The van der Waals surface area contributed by atoms with Crippen LogP contribution in [0, 0.1) is 0 Å². The van der Waals surface area contributed by atoms with Gasteiger partial charge >= 0.3 is 0 Å². The summed E-state index contributed by atoms with van der Waals surface area (Å²) < 4.78 is 17.5. The number of ether oxygens (including phenoxy) is 3. The van der Waals surface area contributed by atoms with Crippen molar-refractivity contribution in [2.45, 2.75) is 26.0 Å². The molecule has 1 aliphatic heterocycles. The summed E-state index contributed by atoms with van der Waals surface area (Å²) in [6.45, 7) is 2.73. The third-order valence-electron chi connectivity index (χ3n) is 3.66. The number of carbonyl (C=O) groups is 1. The van der Waals surface area contributed by atoms with Gasteiger partial charge in [-0.25, -0.2) is 4.68 Å². The zero-order chi connectivity index (χ0) is 17.6. The van der Waals surface area contributed by atoms with Gasteiger partial charge in [-0.15, -0.1) is 0 Å². The summed E-state index contributed by atoms with van der Waals surface area (Å²) in [6.07, 6.45) is 1.50. The molecule has 1 aliphatic rings. The number of benzene rings is 1. The van der Waals surface area contributed by atoms with Gasteiger partial charge in [0.25, 0.3) is 11.5 Å². The maximum Gasteiger partial charge on any atom is 0.266 e. The average molecular weight is 345 g/mol. The highest BCUT2D eigenvalue weighted by atomic mass is 16.7. The van der Waals surface area contributed by atoms with Gasteiger partial charge in [0.1, 0.15) is 5.75 Å². The zero-order valence-corrected chi connectivity index (χ0v) is 13.8. The van der Waals surface area contributed by atoms with Crippen LogP contribution in [0.5, 0.6) is 17.2 Å². The maximum absolute atomic E-state index is 12.1. The number of nitrogens with zero attached hydrogens (tertiary/aromatic N) is 2. The second-order valence-electron chi connectivity index (χ2n) is 5.50. The van der Waals surface area contributed by atoms with Crippen molar-refractivity contribution in [2.24, 2.45) is 0 Å². The minimum absolute atomic E-state index is 0.159. The van der Waals surface area contributed by atoms with Gasteiger partial charge in [0.2, 0.25) is 6.79 Å². The third-order valence-corrected chi connectivity index (χ3v) is 3.66. The minimum Gasteiger partial charge on any atom is -0.481 e. The normalized spacial score (nSPS) is 13.3. The molecular formula is C17H19N3O5. The molecule has 1 atom stereocenters. The first-order valence-corrected chi connectivity index (χ1v) is 7.99. The molecule has 0 radical (unpaired) electrons. The highest BCUT2D eigenvalue weighted by Gasteiger charge is 2.17. The molecule has 0 saturated heterocycles. The average Bonchev–Trinajstić information content (AvgIpc) is 3.07. The Labute approximate surface area is 144 Å². The van der Waals surface area contributed by atoms with E-state index in [-0.39, 0.29) is 18.3 Å². The van der Waals surface area contributed by atoms with Crippen molar-refractivity contribution in [1.82, 2.24) is 15.1 Å². The summed E-state index contributed by atoms with van der Waals surface area (Å²) in [5.74, 6) is 1.57. The standard InChI is InChI=1S/C17H19N3O5/c1-12(25-13-5-6-14-15(10-13)24-11-23-14)17(22)18-7-3-9-20-16(21)4-2-8-19-20/h2,4-6,8,10,12H,3,7,9,11H2,1H3,(H,18,22). The Balaban J connectivity index is 1.43. The first kappa shape index (κ1) is 16.8. The quantitative estimate of drug-likeness (QED) is 0.751. The molecule has 8 heteroatoms. The second kappa shape index (κ2) is 7.69. The van der Waals surface area contributed by atoms with E-state index in [4.69, 9.17) is 14.2 Å². The number of fused-ring (bicyclic) bond motifs is 1. The molecule has 2 aromatic rings. The summed E-state index contributed by atoms with van der Waals surface area (Å²) in [4.78, 5) is 23.6. The van der Waals surface area contributed by atoms with E-state index in [0.717, 1.165) is 0 Å². The van der Waals surface area contributed by atoms with E-state index in [1.54, 1.807) is 37.4 Å². The predicted molar refractivity (Wildman–Crippen MR) is 88.8 cm³/mol. The molecule has 1 aromatic heterocycles. The van der Waals surface area contributed by atoms with Crippen molar-refractivity contribution in [3.63, 3.8) is 0 Å². The fraction of sp³-hybridized carbons (Fsp3) is 0.353. The summed E-state index contributed by atoms with van der Waals surface area (Å²) in [6, 6.07) is 8.21. The van der Waals surface area contributed by atoms with Crippen molar-refractivity contribution in [3.8, 4) is 17.2 Å². The van der Waals surface area contributed by atoms with Crippen LogP contribution in [-0.2, 0) is 11.3 Å². The minimum atomic E-state index is -0.655. The molecular weight excluding hydrogens is 326 g/mol. The Kier molecular flexibility index (Phi) is 5.17. The van der Waals surface area contributed by atoms with Crippen LogP contribution in [0.25, 0.3) is 0 Å². The molecule has 0 aliphatic carbocycles. The molecule has 0 spiro atoms. The Morgan fingerprint density at radius 2 is 2.20 bits per heavy atom. The van der Waals surface area contributed by atoms with Crippen LogP contribution in [0.1, 0.15) is 13.3 Å². The Morgan fingerprint density at radius 1 is 1.36 bits per heavy atom. The Bertz CT molecular complexity index is 805. The molecule has 2 heterocycles. The van der Waals surface area contributed by atoms with Gasteiger partial charge in [-0.2, -0.15) is 5.10 Å². The molecule has 1 amide bonds. The fourth-order valence-electron chi connectivity index (χ4n) is 2.35. The van der Waals surface area contributed by atoms with E-state index in [2.05, 4.69) is 10.4 Å². The van der Waals surface area contributed by atoms with Gasteiger partial charge in [-0.3, -0.25) is 9.59 Å². The van der Waals surface area contributed by atoms with Crippen molar-refractivity contribution < 1.29 is 19.0 Å². The van der Waals surface area contributed by atoms with Gasteiger partial charge in [0.15, 0.2) is 17.6 Å². The van der Waals surface area contributed by atoms with Crippen LogP contribution in [0.2, 0.25) is 0 Å². The topological polar surface area (TPSA) is 91.7 Å². The number of hydrogen-bond acceptors (Lipinski definition) is 6. The number of aromatic nitrogens is 2. The lowest BCUT2D eigenvalue weighted by Gasteiger charge is -2.15. The molecule has 3 rings (SSSR count). The first-order chi connectivity index (χ1) is 12.1. The van der Waals surface area contributed by atoms with E-state index >= 15 is 0 Å². The number of carbonyl (C=O) groups excluding carboxylic acids is 1. The van der Waals surface area contributed by atoms with E-state index in [1.165, 1.54) is 10.7 Å². The predicted octanol–water partition coefficient (Wildman–Crippen LogP) is 0.946. The van der Waals surface area contributed by atoms with Crippen molar-refractivity contribution in [1.29, 1.82) is 0 Å². The van der Waals surface area contributed by atoms with Gasteiger partial charge in [-0.1, -0.05) is 0 Å². The lowest BCUT2D eigenvalue weighted by Crippen LogP contribution is -2.37. The van der Waals surface area contributed by atoms with Gasteiger partial charge in [0, 0.05) is 31.4 Å². The maximum atomic E-state index is 12.1. The molecule has 1 unspecified atom stereocenters. The fourth-order valence-corrected chi connectivity index (χ4v) is 2.35. The summed E-state index contributed by atoms with van der Waals surface area (Å²) in [5.41, 5.74) is -0.159. The highest BCUT2D eigenvalue weighted by molar-refractivity contribution is 5.80. The number of amides is 1.